The van der Waals surface area contributed by atoms with Crippen LogP contribution in [0.25, 0.3) is 0 Å². The summed E-state index contributed by atoms with van der Waals surface area (Å²) < 4.78 is 5.57. The molecule has 1 amide bonds. The number of amides is 1. The van der Waals surface area contributed by atoms with Crippen molar-refractivity contribution < 1.29 is 9.53 Å². The van der Waals surface area contributed by atoms with Gasteiger partial charge >= 0.3 is 0 Å². The molecule has 0 saturated carbocycles. The highest BCUT2D eigenvalue weighted by Crippen LogP contribution is 2.32. The molecular formula is C12H14Cl2N2O2. The van der Waals surface area contributed by atoms with Crippen LogP contribution in [0.3, 0.4) is 0 Å². The highest BCUT2D eigenvalue weighted by molar-refractivity contribution is 6.37. The van der Waals surface area contributed by atoms with Gasteiger partial charge in [-0.2, -0.15) is 0 Å². The molecule has 1 aliphatic rings. The normalized spacial score (nSPS) is 16.4. The predicted molar refractivity (Wildman–Crippen MR) is 71.4 cm³/mol. The molecule has 98 valence electrons. The van der Waals surface area contributed by atoms with Gasteiger partial charge in [-0.3, -0.25) is 9.69 Å². The molecule has 1 aromatic rings. The van der Waals surface area contributed by atoms with Crippen molar-refractivity contribution in [3.63, 3.8) is 0 Å². The molecule has 1 heterocycles. The third kappa shape index (κ3) is 3.51. The van der Waals surface area contributed by atoms with Crippen LogP contribution in [0, 0.1) is 0 Å². The second-order valence-corrected chi connectivity index (χ2v) is 4.84. The Balaban J connectivity index is 1.83. The largest absolute Gasteiger partial charge is 0.489 e. The molecule has 6 heteroatoms. The first-order chi connectivity index (χ1) is 8.66. The molecule has 18 heavy (non-hydrogen) atoms. The molecule has 1 aromatic carbocycles. The fourth-order valence-electron chi connectivity index (χ4n) is 1.78. The number of hydrogen-bond acceptors (Lipinski definition) is 3. The zero-order chi connectivity index (χ0) is 13.0. The van der Waals surface area contributed by atoms with Crippen LogP contribution >= 0.6 is 23.2 Å². The molecule has 0 radical (unpaired) electrons. The lowest BCUT2D eigenvalue weighted by Crippen LogP contribution is -2.48. The number of halogens is 2. The fraction of sp³-hybridized carbons (Fsp3) is 0.417. The minimum Gasteiger partial charge on any atom is -0.489 e. The van der Waals surface area contributed by atoms with Gasteiger partial charge in [-0.15, -0.1) is 0 Å². The van der Waals surface area contributed by atoms with Gasteiger partial charge < -0.3 is 10.1 Å². The number of piperazine rings is 1. The zero-order valence-corrected chi connectivity index (χ0v) is 11.3. The minimum absolute atomic E-state index is 0.0528. The Morgan fingerprint density at radius 2 is 2.06 bits per heavy atom. The van der Waals surface area contributed by atoms with Gasteiger partial charge in [0.25, 0.3) is 0 Å². The summed E-state index contributed by atoms with van der Waals surface area (Å²) in [6.45, 7) is 3.07. The van der Waals surface area contributed by atoms with Crippen LogP contribution in [-0.2, 0) is 4.79 Å². The lowest BCUT2D eigenvalue weighted by molar-refractivity contribution is -0.124. The van der Waals surface area contributed by atoms with Gasteiger partial charge in [-0.25, -0.2) is 0 Å². The number of carbonyl (C=O) groups is 1. The summed E-state index contributed by atoms with van der Waals surface area (Å²) in [4.78, 5) is 13.2. The molecule has 4 nitrogen and oxygen atoms in total. The van der Waals surface area contributed by atoms with Gasteiger partial charge in [0.05, 0.1) is 16.6 Å². The van der Waals surface area contributed by atoms with Crippen molar-refractivity contribution in [1.29, 1.82) is 0 Å². The molecule has 1 fully saturated rings. The van der Waals surface area contributed by atoms with E-state index in [0.29, 0.717) is 42.0 Å². The number of ether oxygens (including phenoxy) is 1. The van der Waals surface area contributed by atoms with Gasteiger partial charge in [0.2, 0.25) is 5.91 Å². The molecule has 1 saturated heterocycles. The van der Waals surface area contributed by atoms with Gasteiger partial charge in [-0.05, 0) is 12.1 Å². The molecule has 0 spiro atoms. The number of para-hydroxylation sites is 1. The maximum atomic E-state index is 11.2. The van der Waals surface area contributed by atoms with Crippen LogP contribution in [0.5, 0.6) is 5.75 Å². The van der Waals surface area contributed by atoms with Gasteiger partial charge in [0, 0.05) is 19.6 Å². The molecule has 1 N–H and O–H groups in total. The summed E-state index contributed by atoms with van der Waals surface area (Å²) in [5.41, 5.74) is 0. The Bertz CT molecular complexity index is 420. The van der Waals surface area contributed by atoms with E-state index in [1.165, 1.54) is 0 Å². The van der Waals surface area contributed by atoms with Crippen molar-refractivity contribution in [3.8, 4) is 5.75 Å². The standard InChI is InChI=1S/C12H14Cl2N2O2/c13-9-2-1-3-10(14)12(9)18-7-6-16-5-4-15-11(17)8-16/h1-3H,4-8H2,(H,15,17). The van der Waals surface area contributed by atoms with Crippen LogP contribution in [-0.4, -0.2) is 43.6 Å². The van der Waals surface area contributed by atoms with Crippen molar-refractivity contribution in [3.05, 3.63) is 28.2 Å². The first-order valence-electron chi connectivity index (χ1n) is 5.72. The average molecular weight is 289 g/mol. The van der Waals surface area contributed by atoms with Crippen LogP contribution < -0.4 is 10.1 Å². The summed E-state index contributed by atoms with van der Waals surface area (Å²) in [7, 11) is 0. The Labute approximate surface area is 116 Å². The van der Waals surface area contributed by atoms with Crippen LogP contribution in [0.1, 0.15) is 0 Å². The topological polar surface area (TPSA) is 41.6 Å². The van der Waals surface area contributed by atoms with E-state index in [1.54, 1.807) is 18.2 Å². The fourth-order valence-corrected chi connectivity index (χ4v) is 2.29. The molecule has 0 bridgehead atoms. The maximum absolute atomic E-state index is 11.2. The van der Waals surface area contributed by atoms with E-state index in [-0.39, 0.29) is 5.91 Å². The molecule has 0 aliphatic carbocycles. The molecule has 2 rings (SSSR count). The summed E-state index contributed by atoms with van der Waals surface area (Å²) in [5, 5.41) is 3.77. The van der Waals surface area contributed by atoms with Crippen molar-refractivity contribution in [2.75, 3.05) is 32.8 Å². The van der Waals surface area contributed by atoms with Crippen molar-refractivity contribution >= 4 is 29.1 Å². The van der Waals surface area contributed by atoms with Gasteiger partial charge in [0.1, 0.15) is 6.61 Å². The zero-order valence-electron chi connectivity index (χ0n) is 9.79. The number of benzene rings is 1. The highest BCUT2D eigenvalue weighted by Gasteiger charge is 2.16. The summed E-state index contributed by atoms with van der Waals surface area (Å²) in [5.74, 6) is 0.555. The van der Waals surface area contributed by atoms with E-state index in [1.807, 2.05) is 4.90 Å². The smallest absolute Gasteiger partial charge is 0.234 e. The first kappa shape index (κ1) is 13.5. The molecular weight excluding hydrogens is 275 g/mol. The van der Waals surface area contributed by atoms with Crippen LogP contribution in [0.2, 0.25) is 10.0 Å². The lowest BCUT2D eigenvalue weighted by Gasteiger charge is -2.26. The third-order valence-corrected chi connectivity index (χ3v) is 3.29. The van der Waals surface area contributed by atoms with Crippen molar-refractivity contribution in [1.82, 2.24) is 10.2 Å². The van der Waals surface area contributed by atoms with Crippen LogP contribution in [0.15, 0.2) is 18.2 Å². The predicted octanol–water partition coefficient (Wildman–Crippen LogP) is 1.80. The molecule has 0 aromatic heterocycles. The number of nitrogens with zero attached hydrogens (tertiary/aromatic N) is 1. The first-order valence-corrected chi connectivity index (χ1v) is 6.48. The Morgan fingerprint density at radius 1 is 1.33 bits per heavy atom. The SMILES string of the molecule is O=C1CN(CCOc2c(Cl)cccc2Cl)CCN1. The van der Waals surface area contributed by atoms with Gasteiger partial charge in [0.15, 0.2) is 5.75 Å². The van der Waals surface area contributed by atoms with E-state index < -0.39 is 0 Å². The second kappa shape index (κ2) is 6.27. The van der Waals surface area contributed by atoms with E-state index in [9.17, 15) is 4.79 Å². The number of nitrogens with one attached hydrogen (secondary N) is 1. The second-order valence-electron chi connectivity index (χ2n) is 4.03. The maximum Gasteiger partial charge on any atom is 0.234 e. The summed E-state index contributed by atoms with van der Waals surface area (Å²) in [6.07, 6.45) is 0. The highest BCUT2D eigenvalue weighted by atomic mass is 35.5. The third-order valence-electron chi connectivity index (χ3n) is 2.69. The van der Waals surface area contributed by atoms with E-state index in [4.69, 9.17) is 27.9 Å². The van der Waals surface area contributed by atoms with Crippen molar-refractivity contribution in [2.45, 2.75) is 0 Å². The monoisotopic (exact) mass is 288 g/mol. The number of carbonyl (C=O) groups excluding carboxylic acids is 1. The minimum atomic E-state index is 0.0528. The summed E-state index contributed by atoms with van der Waals surface area (Å²) >= 11 is 12.0. The lowest BCUT2D eigenvalue weighted by atomic mass is 10.3. The Hall–Kier alpha value is -0.970. The van der Waals surface area contributed by atoms with E-state index in [2.05, 4.69) is 5.32 Å². The van der Waals surface area contributed by atoms with E-state index >= 15 is 0 Å². The Morgan fingerprint density at radius 3 is 2.72 bits per heavy atom. The molecule has 1 aliphatic heterocycles. The van der Waals surface area contributed by atoms with E-state index in [0.717, 1.165) is 6.54 Å². The molecule has 0 atom stereocenters. The van der Waals surface area contributed by atoms with Gasteiger partial charge in [-0.1, -0.05) is 29.3 Å². The molecule has 0 unspecified atom stereocenters. The van der Waals surface area contributed by atoms with Crippen LogP contribution in [0.4, 0.5) is 0 Å². The van der Waals surface area contributed by atoms with Crippen molar-refractivity contribution in [2.24, 2.45) is 0 Å². The number of hydrogen-bond donors (Lipinski definition) is 1. The average Bonchev–Trinajstić information content (AvgIpc) is 2.33. The summed E-state index contributed by atoms with van der Waals surface area (Å²) in [6, 6.07) is 5.24. The number of rotatable bonds is 4. The Kier molecular flexibility index (Phi) is 4.69. The quantitative estimate of drug-likeness (QED) is 0.919.